The van der Waals surface area contributed by atoms with Crippen LogP contribution < -0.4 is 11.1 Å². The maximum atomic E-state index is 11.5. The monoisotopic (exact) mass is 287 g/mol. The van der Waals surface area contributed by atoms with E-state index in [2.05, 4.69) is 10.2 Å². The third-order valence-electron chi connectivity index (χ3n) is 3.61. The van der Waals surface area contributed by atoms with Crippen molar-refractivity contribution < 1.29 is 4.79 Å². The second kappa shape index (κ2) is 5.89. The predicted molar refractivity (Wildman–Crippen MR) is 76.2 cm³/mol. The fraction of sp³-hybridized carbons (Fsp3) is 0.667. The lowest BCUT2D eigenvalue weighted by molar-refractivity contribution is -0.121. The van der Waals surface area contributed by atoms with Crippen LogP contribution in [0.15, 0.2) is 11.3 Å². The van der Waals surface area contributed by atoms with Gasteiger partial charge >= 0.3 is 0 Å². The Morgan fingerprint density at radius 1 is 1.56 bits per heavy atom. The minimum Gasteiger partial charge on any atom is -0.369 e. The van der Waals surface area contributed by atoms with Gasteiger partial charge in [-0.3, -0.25) is 4.79 Å². The van der Waals surface area contributed by atoms with Gasteiger partial charge in [-0.2, -0.15) is 0 Å². The zero-order chi connectivity index (χ0) is 13.1. The van der Waals surface area contributed by atoms with Gasteiger partial charge in [-0.05, 0) is 43.5 Å². The van der Waals surface area contributed by atoms with E-state index in [1.54, 1.807) is 0 Å². The summed E-state index contributed by atoms with van der Waals surface area (Å²) in [5.74, 6) is 0.0806. The van der Waals surface area contributed by atoms with Crippen molar-refractivity contribution in [2.24, 2.45) is 11.7 Å². The molecule has 0 aromatic heterocycles. The van der Waals surface area contributed by atoms with Crippen LogP contribution in [0.1, 0.15) is 25.7 Å². The molecule has 2 rings (SSSR count). The maximum absolute atomic E-state index is 11.5. The van der Waals surface area contributed by atoms with Crippen LogP contribution in [0.5, 0.6) is 0 Å². The van der Waals surface area contributed by atoms with Crippen molar-refractivity contribution in [3.8, 4) is 0 Å². The minimum absolute atomic E-state index is 0.206. The summed E-state index contributed by atoms with van der Waals surface area (Å²) in [4.78, 5) is 13.6. The number of amides is 1. The number of nitrogens with zero attached hydrogens (tertiary/aromatic N) is 1. The molecule has 4 nitrogen and oxygen atoms in total. The maximum Gasteiger partial charge on any atom is 0.226 e. The fourth-order valence-corrected chi connectivity index (χ4v) is 3.14. The molecule has 2 aliphatic rings. The molecule has 0 bridgehead atoms. The SMILES string of the molecule is NC(=O)C1CCCC2=C1NC(=S)N(CCCl)CC2. The zero-order valence-electron chi connectivity index (χ0n) is 10.2. The molecule has 100 valence electrons. The number of rotatable bonds is 3. The van der Waals surface area contributed by atoms with Crippen molar-refractivity contribution in [1.29, 1.82) is 0 Å². The van der Waals surface area contributed by atoms with Crippen LogP contribution in [0, 0.1) is 5.92 Å². The second-order valence-electron chi connectivity index (χ2n) is 4.72. The Hall–Kier alpha value is -0.810. The summed E-state index contributed by atoms with van der Waals surface area (Å²) in [6, 6.07) is 0. The van der Waals surface area contributed by atoms with Crippen LogP contribution >= 0.6 is 23.8 Å². The summed E-state index contributed by atoms with van der Waals surface area (Å²) >= 11 is 11.1. The average molecular weight is 288 g/mol. The quantitative estimate of drug-likeness (QED) is 0.608. The van der Waals surface area contributed by atoms with Crippen LogP contribution in [0.4, 0.5) is 0 Å². The Kier molecular flexibility index (Phi) is 4.45. The highest BCUT2D eigenvalue weighted by Crippen LogP contribution is 2.32. The van der Waals surface area contributed by atoms with Gasteiger partial charge in [0.25, 0.3) is 0 Å². The van der Waals surface area contributed by atoms with E-state index in [4.69, 9.17) is 29.6 Å². The predicted octanol–water partition coefficient (Wildman–Crippen LogP) is 1.34. The summed E-state index contributed by atoms with van der Waals surface area (Å²) in [6.45, 7) is 1.60. The average Bonchev–Trinajstić information content (AvgIpc) is 2.49. The van der Waals surface area contributed by atoms with Gasteiger partial charge in [-0.1, -0.05) is 0 Å². The number of nitrogens with one attached hydrogen (secondary N) is 1. The van der Waals surface area contributed by atoms with Gasteiger partial charge < -0.3 is 16.0 Å². The van der Waals surface area contributed by atoms with Crippen molar-refractivity contribution >= 4 is 34.8 Å². The molecule has 1 unspecified atom stereocenters. The molecular formula is C12H18ClN3OS. The number of halogens is 1. The molecule has 0 saturated carbocycles. The van der Waals surface area contributed by atoms with Crippen molar-refractivity contribution in [3.63, 3.8) is 0 Å². The summed E-state index contributed by atoms with van der Waals surface area (Å²) in [5, 5.41) is 3.89. The van der Waals surface area contributed by atoms with E-state index < -0.39 is 0 Å². The lowest BCUT2D eigenvalue weighted by Crippen LogP contribution is -2.42. The molecule has 18 heavy (non-hydrogen) atoms. The van der Waals surface area contributed by atoms with Crippen molar-refractivity contribution in [3.05, 3.63) is 11.3 Å². The third kappa shape index (κ3) is 2.78. The first kappa shape index (κ1) is 13.6. The minimum atomic E-state index is -0.261. The Morgan fingerprint density at radius 3 is 3.00 bits per heavy atom. The smallest absolute Gasteiger partial charge is 0.226 e. The summed E-state index contributed by atoms with van der Waals surface area (Å²) < 4.78 is 0. The van der Waals surface area contributed by atoms with Crippen LogP contribution in [0.2, 0.25) is 0 Å². The first-order valence-electron chi connectivity index (χ1n) is 6.26. The molecule has 0 fully saturated rings. The van der Waals surface area contributed by atoms with E-state index in [9.17, 15) is 4.79 Å². The largest absolute Gasteiger partial charge is 0.369 e. The number of hydrogen-bond donors (Lipinski definition) is 2. The molecule has 1 aliphatic heterocycles. The fourth-order valence-electron chi connectivity index (χ4n) is 2.65. The molecule has 1 heterocycles. The summed E-state index contributed by atoms with van der Waals surface area (Å²) in [6.07, 6.45) is 3.81. The lowest BCUT2D eigenvalue weighted by atomic mass is 9.85. The van der Waals surface area contributed by atoms with E-state index in [1.165, 1.54) is 5.57 Å². The van der Waals surface area contributed by atoms with Crippen LogP contribution in [-0.2, 0) is 4.79 Å². The summed E-state index contributed by atoms with van der Waals surface area (Å²) in [5.41, 5.74) is 7.72. The lowest BCUT2D eigenvalue weighted by Gasteiger charge is -2.26. The van der Waals surface area contributed by atoms with Gasteiger partial charge in [-0.25, -0.2) is 0 Å². The normalized spacial score (nSPS) is 24.4. The van der Waals surface area contributed by atoms with E-state index in [-0.39, 0.29) is 11.8 Å². The highest BCUT2D eigenvalue weighted by molar-refractivity contribution is 7.80. The molecule has 0 aromatic rings. The number of hydrogen-bond acceptors (Lipinski definition) is 2. The van der Waals surface area contributed by atoms with Crippen molar-refractivity contribution in [2.75, 3.05) is 19.0 Å². The Labute approximate surface area is 118 Å². The van der Waals surface area contributed by atoms with E-state index in [0.717, 1.165) is 44.5 Å². The number of carbonyl (C=O) groups is 1. The topological polar surface area (TPSA) is 58.4 Å². The molecule has 3 N–H and O–H groups in total. The standard InChI is InChI=1S/C12H18ClN3OS/c13-5-7-16-6-4-8-2-1-3-9(11(14)17)10(8)15-12(16)18/h9H,1-7H2,(H2,14,17)(H,15,18). The molecule has 1 amide bonds. The first-order valence-corrected chi connectivity index (χ1v) is 7.21. The molecule has 0 radical (unpaired) electrons. The molecule has 1 aliphatic carbocycles. The van der Waals surface area contributed by atoms with Gasteiger partial charge in [0.2, 0.25) is 5.91 Å². The Morgan fingerprint density at radius 2 is 2.33 bits per heavy atom. The zero-order valence-corrected chi connectivity index (χ0v) is 11.8. The van der Waals surface area contributed by atoms with Crippen LogP contribution in [-0.4, -0.2) is 34.9 Å². The highest BCUT2D eigenvalue weighted by atomic mass is 35.5. The highest BCUT2D eigenvalue weighted by Gasteiger charge is 2.30. The van der Waals surface area contributed by atoms with Crippen molar-refractivity contribution in [1.82, 2.24) is 10.2 Å². The molecule has 0 aromatic carbocycles. The van der Waals surface area contributed by atoms with Gasteiger partial charge in [0.1, 0.15) is 0 Å². The number of alkyl halides is 1. The van der Waals surface area contributed by atoms with Gasteiger partial charge in [0.15, 0.2) is 5.11 Å². The van der Waals surface area contributed by atoms with Gasteiger partial charge in [0, 0.05) is 24.7 Å². The van der Waals surface area contributed by atoms with Gasteiger partial charge in [-0.15, -0.1) is 11.6 Å². The number of thiocarbonyl (C=S) groups is 1. The van der Waals surface area contributed by atoms with E-state index in [0.29, 0.717) is 11.0 Å². The molecule has 0 saturated heterocycles. The molecule has 6 heteroatoms. The Balaban J connectivity index is 2.20. The number of primary amides is 1. The van der Waals surface area contributed by atoms with Crippen LogP contribution in [0.3, 0.4) is 0 Å². The third-order valence-corrected chi connectivity index (χ3v) is 4.14. The van der Waals surface area contributed by atoms with Crippen molar-refractivity contribution in [2.45, 2.75) is 25.7 Å². The number of carbonyl (C=O) groups excluding carboxylic acids is 1. The van der Waals surface area contributed by atoms with Gasteiger partial charge in [0.05, 0.1) is 5.92 Å². The molecule has 0 spiro atoms. The van der Waals surface area contributed by atoms with E-state index in [1.807, 2.05) is 0 Å². The number of nitrogens with two attached hydrogens (primary N) is 1. The van der Waals surface area contributed by atoms with Crippen LogP contribution in [0.25, 0.3) is 0 Å². The second-order valence-corrected chi connectivity index (χ2v) is 5.49. The summed E-state index contributed by atoms with van der Waals surface area (Å²) in [7, 11) is 0. The Bertz CT molecular complexity index is 397. The van der Waals surface area contributed by atoms with E-state index >= 15 is 0 Å². The molecular weight excluding hydrogens is 270 g/mol. The molecule has 1 atom stereocenters. The first-order chi connectivity index (χ1) is 8.63.